The highest BCUT2D eigenvalue weighted by molar-refractivity contribution is 7.98. The van der Waals surface area contributed by atoms with Crippen molar-refractivity contribution in [2.45, 2.75) is 24.8 Å². The molecule has 2 aromatic heterocycles. The van der Waals surface area contributed by atoms with Crippen LogP contribution in [0.25, 0.3) is 0 Å². The van der Waals surface area contributed by atoms with Gasteiger partial charge in [0.1, 0.15) is 5.76 Å². The third-order valence-electron chi connectivity index (χ3n) is 2.04. The normalized spacial score (nSPS) is 10.7. The number of aryl methyl sites for hydroxylation is 2. The Labute approximate surface area is 102 Å². The Hall–Kier alpha value is -1.07. The SMILES string of the molecule is Cc1nc(SCc2ccc(Cl)nn2)oc1C. The number of halogens is 1. The summed E-state index contributed by atoms with van der Waals surface area (Å²) in [6.45, 7) is 3.82. The van der Waals surface area contributed by atoms with Gasteiger partial charge < -0.3 is 4.42 Å². The average Bonchev–Trinajstić information content (AvgIpc) is 2.58. The molecule has 0 atom stereocenters. The van der Waals surface area contributed by atoms with Gasteiger partial charge in [-0.15, -0.1) is 5.10 Å². The summed E-state index contributed by atoms with van der Waals surface area (Å²) < 4.78 is 5.44. The fourth-order valence-corrected chi connectivity index (χ4v) is 1.97. The van der Waals surface area contributed by atoms with E-state index < -0.39 is 0 Å². The highest BCUT2D eigenvalue weighted by Crippen LogP contribution is 2.23. The molecule has 0 saturated heterocycles. The Morgan fingerprint density at radius 1 is 1.31 bits per heavy atom. The van der Waals surface area contributed by atoms with Gasteiger partial charge in [0.25, 0.3) is 5.22 Å². The van der Waals surface area contributed by atoms with Crippen LogP contribution in [0.4, 0.5) is 0 Å². The van der Waals surface area contributed by atoms with Crippen LogP contribution >= 0.6 is 23.4 Å². The molecule has 84 valence electrons. The molecule has 2 aromatic rings. The molecule has 0 unspecified atom stereocenters. The fraction of sp³-hybridized carbons (Fsp3) is 0.300. The molecule has 2 rings (SSSR count). The summed E-state index contributed by atoms with van der Waals surface area (Å²) in [5.41, 5.74) is 1.77. The summed E-state index contributed by atoms with van der Waals surface area (Å²) >= 11 is 7.13. The number of oxazole rings is 1. The summed E-state index contributed by atoms with van der Waals surface area (Å²) in [6.07, 6.45) is 0. The van der Waals surface area contributed by atoms with Gasteiger partial charge in [0.15, 0.2) is 5.15 Å². The zero-order chi connectivity index (χ0) is 11.5. The van der Waals surface area contributed by atoms with Crippen molar-refractivity contribution in [2.24, 2.45) is 0 Å². The molecule has 0 N–H and O–H groups in total. The molecule has 2 heterocycles. The number of hydrogen-bond donors (Lipinski definition) is 0. The van der Waals surface area contributed by atoms with Gasteiger partial charge in [-0.2, -0.15) is 5.10 Å². The third kappa shape index (κ3) is 2.74. The molecule has 0 aliphatic rings. The van der Waals surface area contributed by atoms with Gasteiger partial charge in [0.2, 0.25) is 0 Å². The van der Waals surface area contributed by atoms with Crippen molar-refractivity contribution in [3.05, 3.63) is 34.4 Å². The van der Waals surface area contributed by atoms with E-state index >= 15 is 0 Å². The number of nitrogens with zero attached hydrogens (tertiary/aromatic N) is 3. The van der Waals surface area contributed by atoms with Gasteiger partial charge in [0, 0.05) is 5.75 Å². The summed E-state index contributed by atoms with van der Waals surface area (Å²) in [7, 11) is 0. The number of rotatable bonds is 3. The Balaban J connectivity index is 1.99. The van der Waals surface area contributed by atoms with Gasteiger partial charge in [-0.05, 0) is 26.0 Å². The molecule has 0 aliphatic heterocycles. The van der Waals surface area contributed by atoms with Crippen LogP contribution in [0.15, 0.2) is 21.8 Å². The van der Waals surface area contributed by atoms with E-state index in [1.165, 1.54) is 11.8 Å². The number of thioether (sulfide) groups is 1. The van der Waals surface area contributed by atoms with Crippen LogP contribution in [0.5, 0.6) is 0 Å². The van der Waals surface area contributed by atoms with E-state index in [1.54, 1.807) is 6.07 Å². The predicted molar refractivity (Wildman–Crippen MR) is 62.6 cm³/mol. The van der Waals surface area contributed by atoms with E-state index in [9.17, 15) is 0 Å². The minimum atomic E-state index is 0.400. The molecule has 0 fully saturated rings. The summed E-state index contributed by atoms with van der Waals surface area (Å²) in [4.78, 5) is 4.26. The Morgan fingerprint density at radius 2 is 2.12 bits per heavy atom. The first-order chi connectivity index (χ1) is 7.65. The first-order valence-corrected chi connectivity index (χ1v) is 6.06. The lowest BCUT2D eigenvalue weighted by Crippen LogP contribution is -1.89. The predicted octanol–water partition coefficient (Wildman–Crippen LogP) is 3.03. The van der Waals surface area contributed by atoms with Crippen LogP contribution in [-0.4, -0.2) is 15.2 Å². The van der Waals surface area contributed by atoms with Crippen molar-refractivity contribution in [1.29, 1.82) is 0 Å². The topological polar surface area (TPSA) is 51.8 Å². The monoisotopic (exact) mass is 255 g/mol. The van der Waals surface area contributed by atoms with Crippen LogP contribution in [0.3, 0.4) is 0 Å². The number of aromatic nitrogens is 3. The maximum Gasteiger partial charge on any atom is 0.256 e. The van der Waals surface area contributed by atoms with E-state index in [2.05, 4.69) is 15.2 Å². The van der Waals surface area contributed by atoms with Gasteiger partial charge in [-0.1, -0.05) is 23.4 Å². The quantitative estimate of drug-likeness (QED) is 0.789. The first kappa shape index (κ1) is 11.4. The molecule has 16 heavy (non-hydrogen) atoms. The second-order valence-corrected chi connectivity index (χ2v) is 4.57. The van der Waals surface area contributed by atoms with E-state index in [0.717, 1.165) is 17.1 Å². The first-order valence-electron chi connectivity index (χ1n) is 4.70. The van der Waals surface area contributed by atoms with Crippen LogP contribution in [0.1, 0.15) is 17.1 Å². The molecule has 0 amide bonds. The maximum absolute atomic E-state index is 5.64. The van der Waals surface area contributed by atoms with Crippen LogP contribution in [-0.2, 0) is 5.75 Å². The lowest BCUT2D eigenvalue weighted by atomic mass is 10.4. The minimum absolute atomic E-state index is 0.400. The molecule has 6 heteroatoms. The minimum Gasteiger partial charge on any atom is -0.437 e. The molecule has 0 saturated carbocycles. The smallest absolute Gasteiger partial charge is 0.256 e. The molecular weight excluding hydrogens is 246 g/mol. The molecule has 0 aromatic carbocycles. The van der Waals surface area contributed by atoms with E-state index in [-0.39, 0.29) is 0 Å². The molecule has 0 radical (unpaired) electrons. The molecule has 4 nitrogen and oxygen atoms in total. The highest BCUT2D eigenvalue weighted by Gasteiger charge is 2.06. The third-order valence-corrected chi connectivity index (χ3v) is 3.10. The van der Waals surface area contributed by atoms with Gasteiger partial charge in [-0.3, -0.25) is 0 Å². The highest BCUT2D eigenvalue weighted by atomic mass is 35.5. The molecular formula is C10H10ClN3OS. The van der Waals surface area contributed by atoms with Crippen molar-refractivity contribution >= 4 is 23.4 Å². The van der Waals surface area contributed by atoms with Crippen molar-refractivity contribution in [3.63, 3.8) is 0 Å². The van der Waals surface area contributed by atoms with Gasteiger partial charge >= 0.3 is 0 Å². The fourth-order valence-electron chi connectivity index (χ4n) is 1.06. The van der Waals surface area contributed by atoms with Crippen molar-refractivity contribution < 1.29 is 4.42 Å². The molecule has 0 spiro atoms. The van der Waals surface area contributed by atoms with E-state index in [4.69, 9.17) is 16.0 Å². The summed E-state index contributed by atoms with van der Waals surface area (Å²) in [5.74, 6) is 1.52. The zero-order valence-electron chi connectivity index (χ0n) is 8.90. The second-order valence-electron chi connectivity index (χ2n) is 3.26. The van der Waals surface area contributed by atoms with Crippen molar-refractivity contribution in [1.82, 2.24) is 15.2 Å². The summed E-state index contributed by atoms with van der Waals surface area (Å²) in [5, 5.41) is 8.77. The van der Waals surface area contributed by atoms with Crippen LogP contribution < -0.4 is 0 Å². The van der Waals surface area contributed by atoms with Gasteiger partial charge in [0.05, 0.1) is 11.4 Å². The Bertz CT molecular complexity index is 464. The van der Waals surface area contributed by atoms with Crippen molar-refractivity contribution in [2.75, 3.05) is 0 Å². The standard InChI is InChI=1S/C10H10ClN3OS/c1-6-7(2)15-10(12-6)16-5-8-3-4-9(11)14-13-8/h3-4H,5H2,1-2H3. The van der Waals surface area contributed by atoms with Gasteiger partial charge in [-0.25, -0.2) is 4.98 Å². The Kier molecular flexibility index (Phi) is 3.46. The largest absolute Gasteiger partial charge is 0.437 e. The lowest BCUT2D eigenvalue weighted by molar-refractivity contribution is 0.431. The Morgan fingerprint density at radius 3 is 2.69 bits per heavy atom. The van der Waals surface area contributed by atoms with Crippen LogP contribution in [0, 0.1) is 13.8 Å². The molecule has 0 aliphatic carbocycles. The average molecular weight is 256 g/mol. The van der Waals surface area contributed by atoms with Crippen molar-refractivity contribution in [3.8, 4) is 0 Å². The van der Waals surface area contributed by atoms with E-state index in [0.29, 0.717) is 16.1 Å². The summed E-state index contributed by atoms with van der Waals surface area (Å²) in [6, 6.07) is 3.56. The van der Waals surface area contributed by atoms with Crippen LogP contribution in [0.2, 0.25) is 5.15 Å². The van der Waals surface area contributed by atoms with E-state index in [1.807, 2.05) is 19.9 Å². The maximum atomic E-state index is 5.64. The molecule has 0 bridgehead atoms. The zero-order valence-corrected chi connectivity index (χ0v) is 10.5. The number of hydrogen-bond acceptors (Lipinski definition) is 5. The second kappa shape index (κ2) is 4.84. The lowest BCUT2D eigenvalue weighted by Gasteiger charge is -1.96.